The van der Waals surface area contributed by atoms with Crippen molar-refractivity contribution in [2.24, 2.45) is 0 Å². The lowest BCUT2D eigenvalue weighted by Gasteiger charge is -2.17. The van der Waals surface area contributed by atoms with Crippen molar-refractivity contribution >= 4 is 23.2 Å². The second-order valence-corrected chi connectivity index (χ2v) is 7.28. The van der Waals surface area contributed by atoms with Crippen LogP contribution in [-0.4, -0.2) is 30.8 Å². The first-order valence-electron chi connectivity index (χ1n) is 10.2. The third-order valence-electron chi connectivity index (χ3n) is 5.25. The van der Waals surface area contributed by atoms with Crippen molar-refractivity contribution < 1.29 is 14.3 Å². The molecule has 31 heavy (non-hydrogen) atoms. The Kier molecular flexibility index (Phi) is 7.03. The van der Waals surface area contributed by atoms with Crippen molar-refractivity contribution in [3.63, 3.8) is 0 Å². The van der Waals surface area contributed by atoms with Gasteiger partial charge < -0.3 is 15.4 Å². The van der Waals surface area contributed by atoms with Crippen LogP contribution in [0.1, 0.15) is 35.7 Å². The van der Waals surface area contributed by atoms with E-state index in [1.807, 2.05) is 49.4 Å². The van der Waals surface area contributed by atoms with Gasteiger partial charge in [0.15, 0.2) is 5.78 Å². The van der Waals surface area contributed by atoms with Crippen molar-refractivity contribution in [3.8, 4) is 16.9 Å². The summed E-state index contributed by atoms with van der Waals surface area (Å²) in [4.78, 5) is 30.3. The van der Waals surface area contributed by atoms with Crippen LogP contribution < -0.4 is 15.4 Å². The van der Waals surface area contributed by atoms with Crippen LogP contribution >= 0.6 is 0 Å². The molecule has 2 N–H and O–H groups in total. The second-order valence-electron chi connectivity index (χ2n) is 7.28. The molecule has 1 heterocycles. The Labute approximate surface area is 182 Å². The molecule has 3 rings (SSSR count). The maximum absolute atomic E-state index is 12.8. The number of pyridine rings is 1. The molecule has 2 aromatic carbocycles. The fraction of sp³-hybridized carbons (Fsp3) is 0.240. The summed E-state index contributed by atoms with van der Waals surface area (Å²) in [6.45, 7) is 1.84. The molecule has 0 atom stereocenters. The number of hydrogen-bond acceptors (Lipinski definition) is 5. The summed E-state index contributed by atoms with van der Waals surface area (Å²) < 4.78 is 5.50. The number of rotatable bonds is 8. The lowest BCUT2D eigenvalue weighted by atomic mass is 9.98. The maximum atomic E-state index is 12.8. The number of carbonyl (C=O) groups is 2. The summed E-state index contributed by atoms with van der Waals surface area (Å²) in [5, 5.41) is 0. The van der Waals surface area contributed by atoms with Crippen LogP contribution in [-0.2, 0) is 11.2 Å². The Morgan fingerprint density at radius 3 is 2.35 bits per heavy atom. The SMILES string of the molecule is CCC(=O)N(C)c1ccc(-c2ccc(C(=O)CCc3ccc(N)nc3)c(OC)c2)cc1. The number of nitrogens with zero attached hydrogens (tertiary/aromatic N) is 2. The van der Waals surface area contributed by atoms with Gasteiger partial charge in [-0.15, -0.1) is 0 Å². The molecule has 0 unspecified atom stereocenters. The smallest absolute Gasteiger partial charge is 0.226 e. The van der Waals surface area contributed by atoms with Gasteiger partial charge in [0, 0.05) is 31.8 Å². The summed E-state index contributed by atoms with van der Waals surface area (Å²) in [6, 6.07) is 16.9. The highest BCUT2D eigenvalue weighted by Gasteiger charge is 2.14. The van der Waals surface area contributed by atoms with Crippen molar-refractivity contribution in [1.82, 2.24) is 4.98 Å². The lowest BCUT2D eigenvalue weighted by molar-refractivity contribution is -0.118. The molecule has 0 aliphatic carbocycles. The zero-order valence-electron chi connectivity index (χ0n) is 18.1. The van der Waals surface area contributed by atoms with Gasteiger partial charge in [0.25, 0.3) is 0 Å². The normalized spacial score (nSPS) is 10.5. The Morgan fingerprint density at radius 1 is 1.03 bits per heavy atom. The molecule has 160 valence electrons. The summed E-state index contributed by atoms with van der Waals surface area (Å²) in [5.41, 5.74) is 9.88. The van der Waals surface area contributed by atoms with Gasteiger partial charge in [-0.05, 0) is 53.4 Å². The monoisotopic (exact) mass is 417 g/mol. The van der Waals surface area contributed by atoms with Gasteiger partial charge in [-0.3, -0.25) is 9.59 Å². The number of hydrogen-bond donors (Lipinski definition) is 1. The lowest BCUT2D eigenvalue weighted by Crippen LogP contribution is -2.24. The van der Waals surface area contributed by atoms with E-state index >= 15 is 0 Å². The van der Waals surface area contributed by atoms with E-state index < -0.39 is 0 Å². The van der Waals surface area contributed by atoms with Gasteiger partial charge in [0.05, 0.1) is 12.7 Å². The number of nitrogens with two attached hydrogens (primary N) is 1. The Balaban J connectivity index is 1.75. The van der Waals surface area contributed by atoms with Crippen LogP contribution in [0.15, 0.2) is 60.8 Å². The van der Waals surface area contributed by atoms with E-state index in [0.29, 0.717) is 36.4 Å². The predicted octanol–water partition coefficient (Wildman–Crippen LogP) is 4.53. The van der Waals surface area contributed by atoms with Gasteiger partial charge in [0.2, 0.25) is 5.91 Å². The fourth-order valence-corrected chi connectivity index (χ4v) is 3.34. The number of ether oxygens (including phenoxy) is 1. The van der Waals surface area contributed by atoms with Crippen LogP contribution in [0.3, 0.4) is 0 Å². The number of nitrogen functional groups attached to an aromatic ring is 1. The number of benzene rings is 2. The zero-order valence-corrected chi connectivity index (χ0v) is 18.1. The second kappa shape index (κ2) is 9.89. The van der Waals surface area contributed by atoms with E-state index in [0.717, 1.165) is 22.4 Å². The Bertz CT molecular complexity index is 1060. The van der Waals surface area contributed by atoms with Crippen molar-refractivity contribution in [1.29, 1.82) is 0 Å². The van der Waals surface area contributed by atoms with Gasteiger partial charge in [-0.1, -0.05) is 31.2 Å². The number of aryl methyl sites for hydroxylation is 1. The molecule has 0 fully saturated rings. The largest absolute Gasteiger partial charge is 0.496 e. The van der Waals surface area contributed by atoms with E-state index in [-0.39, 0.29) is 11.7 Å². The summed E-state index contributed by atoms with van der Waals surface area (Å²) >= 11 is 0. The first-order valence-corrected chi connectivity index (χ1v) is 10.2. The quantitative estimate of drug-likeness (QED) is 0.544. The van der Waals surface area contributed by atoms with Crippen molar-refractivity contribution in [3.05, 3.63) is 71.9 Å². The van der Waals surface area contributed by atoms with Gasteiger partial charge in [-0.25, -0.2) is 4.98 Å². The summed E-state index contributed by atoms with van der Waals surface area (Å²) in [7, 11) is 3.33. The van der Waals surface area contributed by atoms with Gasteiger partial charge in [-0.2, -0.15) is 0 Å². The molecule has 1 amide bonds. The molecule has 0 saturated heterocycles. The van der Waals surface area contributed by atoms with E-state index in [2.05, 4.69) is 4.98 Å². The predicted molar refractivity (Wildman–Crippen MR) is 123 cm³/mol. The number of amides is 1. The molecule has 0 bridgehead atoms. The minimum atomic E-state index is 0.00951. The van der Waals surface area contributed by atoms with E-state index in [4.69, 9.17) is 10.5 Å². The Morgan fingerprint density at radius 2 is 1.74 bits per heavy atom. The van der Waals surface area contributed by atoms with Crippen LogP contribution in [0, 0.1) is 0 Å². The highest BCUT2D eigenvalue weighted by Crippen LogP contribution is 2.29. The zero-order chi connectivity index (χ0) is 22.4. The van der Waals surface area contributed by atoms with Gasteiger partial charge >= 0.3 is 0 Å². The average Bonchev–Trinajstić information content (AvgIpc) is 2.82. The highest BCUT2D eigenvalue weighted by atomic mass is 16.5. The first-order chi connectivity index (χ1) is 14.9. The molecule has 0 saturated carbocycles. The standard InChI is InChI=1S/C25H27N3O3/c1-4-25(30)28(2)20-10-7-18(8-11-20)19-9-12-21(23(15-19)31-3)22(29)13-5-17-6-14-24(26)27-16-17/h6-12,14-16H,4-5,13H2,1-3H3,(H2,26,27). The molecule has 0 radical (unpaired) electrons. The molecule has 1 aromatic heterocycles. The molecule has 3 aromatic rings. The van der Waals surface area contributed by atoms with E-state index in [1.165, 1.54) is 0 Å². The maximum Gasteiger partial charge on any atom is 0.226 e. The highest BCUT2D eigenvalue weighted by molar-refractivity contribution is 5.99. The minimum Gasteiger partial charge on any atom is -0.496 e. The molecular weight excluding hydrogens is 390 g/mol. The van der Waals surface area contributed by atoms with Crippen LogP contribution in [0.4, 0.5) is 11.5 Å². The third kappa shape index (κ3) is 5.28. The summed E-state index contributed by atoms with van der Waals surface area (Å²) in [5.74, 6) is 1.08. The number of aromatic nitrogens is 1. The molecule has 6 heteroatoms. The molecular formula is C25H27N3O3. The molecule has 0 aliphatic rings. The number of methoxy groups -OCH3 is 1. The van der Waals surface area contributed by atoms with Gasteiger partial charge in [0.1, 0.15) is 11.6 Å². The van der Waals surface area contributed by atoms with Crippen LogP contribution in [0.5, 0.6) is 5.75 Å². The van der Waals surface area contributed by atoms with E-state index in [9.17, 15) is 9.59 Å². The number of anilines is 2. The average molecular weight is 418 g/mol. The topological polar surface area (TPSA) is 85.5 Å². The van der Waals surface area contributed by atoms with Crippen LogP contribution in [0.2, 0.25) is 0 Å². The molecule has 6 nitrogen and oxygen atoms in total. The minimum absolute atomic E-state index is 0.00951. The number of Topliss-reactive ketones (excluding diaryl/α,β-unsaturated/α-hetero) is 1. The molecule has 0 spiro atoms. The number of carbonyl (C=O) groups excluding carboxylic acids is 2. The molecule has 0 aliphatic heterocycles. The van der Waals surface area contributed by atoms with Crippen molar-refractivity contribution in [2.75, 3.05) is 24.8 Å². The first kappa shape index (κ1) is 22.0. The van der Waals surface area contributed by atoms with Crippen LogP contribution in [0.25, 0.3) is 11.1 Å². The summed E-state index contributed by atoms with van der Waals surface area (Å²) in [6.07, 6.45) is 3.09. The van der Waals surface area contributed by atoms with E-state index in [1.54, 1.807) is 37.4 Å². The number of ketones is 1. The van der Waals surface area contributed by atoms with Crippen molar-refractivity contribution in [2.45, 2.75) is 26.2 Å². The fourth-order valence-electron chi connectivity index (χ4n) is 3.34. The Hall–Kier alpha value is -3.67. The third-order valence-corrected chi connectivity index (χ3v) is 5.25.